The third kappa shape index (κ3) is 2.70. The first-order valence-electron chi connectivity index (χ1n) is 6.19. The molecule has 2 atom stereocenters. The van der Waals surface area contributed by atoms with Crippen LogP contribution in [-0.2, 0) is 0 Å². The highest BCUT2D eigenvalue weighted by Gasteiger charge is 2.32. The third-order valence-corrected chi connectivity index (χ3v) is 4.54. The molecule has 3 N–H and O–H groups in total. The van der Waals surface area contributed by atoms with Crippen molar-refractivity contribution in [2.75, 3.05) is 6.79 Å². The molecule has 1 saturated carbocycles. The standard InChI is InChI=1S/C13H16BrNO3.ClH/c14-9-5-11-10(17-6-18-11)4-8(9)12(15)13(16)7-2-1-3-7;/h4-5,7,12-13,16H,1-3,6,15H2;1H/t12-,13+;/m0./s1. The zero-order valence-electron chi connectivity index (χ0n) is 10.3. The van der Waals surface area contributed by atoms with Crippen LogP contribution in [-0.4, -0.2) is 18.0 Å². The molecule has 1 aromatic carbocycles. The molecule has 0 spiro atoms. The molecular formula is C13H17BrClNO3. The molecule has 0 amide bonds. The molecule has 3 rings (SSSR count). The van der Waals surface area contributed by atoms with Crippen LogP contribution in [0.1, 0.15) is 30.9 Å². The number of nitrogens with two attached hydrogens (primary N) is 1. The molecule has 0 bridgehead atoms. The maximum Gasteiger partial charge on any atom is 0.231 e. The van der Waals surface area contributed by atoms with E-state index in [4.69, 9.17) is 15.2 Å². The van der Waals surface area contributed by atoms with Gasteiger partial charge in [0.15, 0.2) is 11.5 Å². The summed E-state index contributed by atoms with van der Waals surface area (Å²) in [7, 11) is 0. The predicted octanol–water partition coefficient (Wildman–Crippen LogP) is 2.76. The molecule has 19 heavy (non-hydrogen) atoms. The monoisotopic (exact) mass is 349 g/mol. The molecule has 2 aliphatic rings. The summed E-state index contributed by atoms with van der Waals surface area (Å²) >= 11 is 3.48. The lowest BCUT2D eigenvalue weighted by Gasteiger charge is -2.34. The number of benzene rings is 1. The Morgan fingerprint density at radius 1 is 1.26 bits per heavy atom. The van der Waals surface area contributed by atoms with Crippen LogP contribution < -0.4 is 15.2 Å². The molecule has 1 heterocycles. The predicted molar refractivity (Wildman–Crippen MR) is 77.8 cm³/mol. The van der Waals surface area contributed by atoms with E-state index in [1.807, 2.05) is 12.1 Å². The molecule has 106 valence electrons. The van der Waals surface area contributed by atoms with Gasteiger partial charge in [-0.1, -0.05) is 22.4 Å². The van der Waals surface area contributed by atoms with E-state index in [0.717, 1.165) is 28.6 Å². The van der Waals surface area contributed by atoms with Gasteiger partial charge in [0, 0.05) is 4.47 Å². The summed E-state index contributed by atoms with van der Waals surface area (Å²) in [6.45, 7) is 0.242. The molecule has 1 aliphatic carbocycles. The van der Waals surface area contributed by atoms with Crippen molar-refractivity contribution in [3.63, 3.8) is 0 Å². The van der Waals surface area contributed by atoms with E-state index in [1.165, 1.54) is 6.42 Å². The van der Waals surface area contributed by atoms with Gasteiger partial charge in [-0.3, -0.25) is 0 Å². The van der Waals surface area contributed by atoms with Gasteiger partial charge in [-0.05, 0) is 36.5 Å². The van der Waals surface area contributed by atoms with Crippen LogP contribution >= 0.6 is 28.3 Å². The van der Waals surface area contributed by atoms with E-state index in [1.54, 1.807) is 0 Å². The average molecular weight is 351 g/mol. The van der Waals surface area contributed by atoms with Crippen molar-refractivity contribution in [1.29, 1.82) is 0 Å². The molecule has 0 aromatic heterocycles. The largest absolute Gasteiger partial charge is 0.454 e. The fourth-order valence-electron chi connectivity index (χ4n) is 2.45. The lowest BCUT2D eigenvalue weighted by atomic mass is 9.77. The Morgan fingerprint density at radius 3 is 2.47 bits per heavy atom. The summed E-state index contributed by atoms with van der Waals surface area (Å²) in [5.41, 5.74) is 7.04. The molecule has 0 radical (unpaired) electrons. The first-order valence-corrected chi connectivity index (χ1v) is 6.99. The van der Waals surface area contributed by atoms with Crippen LogP contribution in [0.5, 0.6) is 11.5 Å². The normalized spacial score (nSPS) is 20.4. The summed E-state index contributed by atoms with van der Waals surface area (Å²) in [6.07, 6.45) is 2.83. The number of rotatable bonds is 3. The fraction of sp³-hybridized carbons (Fsp3) is 0.538. The number of fused-ring (bicyclic) bond motifs is 1. The Hall–Kier alpha value is -0.490. The minimum atomic E-state index is -0.490. The van der Waals surface area contributed by atoms with E-state index in [9.17, 15) is 5.11 Å². The molecular weight excluding hydrogens is 334 g/mol. The molecule has 6 heteroatoms. The Balaban J connectivity index is 0.00000133. The molecule has 4 nitrogen and oxygen atoms in total. The van der Waals surface area contributed by atoms with E-state index < -0.39 is 6.10 Å². The van der Waals surface area contributed by atoms with Crippen molar-refractivity contribution in [2.45, 2.75) is 31.4 Å². The van der Waals surface area contributed by atoms with Gasteiger partial charge >= 0.3 is 0 Å². The van der Waals surface area contributed by atoms with Crippen LogP contribution in [0, 0.1) is 5.92 Å². The molecule has 0 unspecified atom stereocenters. The minimum Gasteiger partial charge on any atom is -0.454 e. The summed E-state index contributed by atoms with van der Waals surface area (Å²) in [5.74, 6) is 1.75. The van der Waals surface area contributed by atoms with Crippen LogP contribution in [0.3, 0.4) is 0 Å². The van der Waals surface area contributed by atoms with Crippen molar-refractivity contribution >= 4 is 28.3 Å². The molecule has 1 aromatic rings. The molecule has 0 saturated heterocycles. The minimum absolute atomic E-state index is 0. The van der Waals surface area contributed by atoms with E-state index in [-0.39, 0.29) is 25.2 Å². The topological polar surface area (TPSA) is 64.7 Å². The Kier molecular flexibility index (Phi) is 4.61. The van der Waals surface area contributed by atoms with Crippen LogP contribution in [0.2, 0.25) is 0 Å². The summed E-state index contributed by atoms with van der Waals surface area (Å²) in [5, 5.41) is 10.2. The number of aliphatic hydroxyl groups is 1. The highest BCUT2D eigenvalue weighted by Crippen LogP contribution is 2.41. The average Bonchev–Trinajstić information content (AvgIpc) is 2.71. The zero-order chi connectivity index (χ0) is 12.7. The van der Waals surface area contributed by atoms with Crippen molar-refractivity contribution < 1.29 is 14.6 Å². The van der Waals surface area contributed by atoms with E-state index in [2.05, 4.69) is 15.9 Å². The number of ether oxygens (including phenoxy) is 2. The number of aliphatic hydroxyl groups excluding tert-OH is 1. The second-order valence-electron chi connectivity index (χ2n) is 4.93. The Morgan fingerprint density at radius 2 is 1.89 bits per heavy atom. The van der Waals surface area contributed by atoms with E-state index in [0.29, 0.717) is 11.7 Å². The molecule has 1 fully saturated rings. The summed E-state index contributed by atoms with van der Waals surface area (Å²) < 4.78 is 11.5. The lowest BCUT2D eigenvalue weighted by molar-refractivity contribution is 0.0411. The van der Waals surface area contributed by atoms with Gasteiger partial charge < -0.3 is 20.3 Å². The second-order valence-corrected chi connectivity index (χ2v) is 5.79. The summed E-state index contributed by atoms with van der Waals surface area (Å²) in [4.78, 5) is 0. The SMILES string of the molecule is Cl.N[C@@H](c1cc2c(cc1Br)OCO2)[C@H](O)C1CCC1. The number of hydrogen-bond donors (Lipinski definition) is 2. The smallest absolute Gasteiger partial charge is 0.231 e. The van der Waals surface area contributed by atoms with Crippen molar-refractivity contribution in [2.24, 2.45) is 11.7 Å². The number of halogens is 2. The van der Waals surface area contributed by atoms with Gasteiger partial charge in [0.25, 0.3) is 0 Å². The van der Waals surface area contributed by atoms with Gasteiger partial charge in [0.2, 0.25) is 6.79 Å². The van der Waals surface area contributed by atoms with Crippen molar-refractivity contribution in [3.8, 4) is 11.5 Å². The second kappa shape index (κ2) is 5.87. The summed E-state index contributed by atoms with van der Waals surface area (Å²) in [6, 6.07) is 3.32. The highest BCUT2D eigenvalue weighted by molar-refractivity contribution is 9.10. The highest BCUT2D eigenvalue weighted by atomic mass is 79.9. The lowest BCUT2D eigenvalue weighted by Crippen LogP contribution is -2.36. The van der Waals surface area contributed by atoms with Crippen LogP contribution in [0.15, 0.2) is 16.6 Å². The number of hydrogen-bond acceptors (Lipinski definition) is 4. The van der Waals surface area contributed by atoms with Gasteiger partial charge in [-0.2, -0.15) is 0 Å². The van der Waals surface area contributed by atoms with Crippen LogP contribution in [0.4, 0.5) is 0 Å². The Labute approximate surface area is 126 Å². The van der Waals surface area contributed by atoms with E-state index >= 15 is 0 Å². The quantitative estimate of drug-likeness (QED) is 0.880. The van der Waals surface area contributed by atoms with Crippen molar-refractivity contribution in [1.82, 2.24) is 0 Å². The van der Waals surface area contributed by atoms with Gasteiger partial charge in [-0.15, -0.1) is 12.4 Å². The van der Waals surface area contributed by atoms with Gasteiger partial charge in [-0.25, -0.2) is 0 Å². The van der Waals surface area contributed by atoms with Crippen molar-refractivity contribution in [3.05, 3.63) is 22.2 Å². The Bertz CT molecular complexity index is 467. The maximum absolute atomic E-state index is 10.2. The van der Waals surface area contributed by atoms with Gasteiger partial charge in [0.1, 0.15) is 0 Å². The fourth-order valence-corrected chi connectivity index (χ4v) is 3.03. The first kappa shape index (κ1) is 14.9. The maximum atomic E-state index is 10.2. The third-order valence-electron chi connectivity index (χ3n) is 3.85. The van der Waals surface area contributed by atoms with Gasteiger partial charge in [0.05, 0.1) is 12.1 Å². The van der Waals surface area contributed by atoms with Crippen LogP contribution in [0.25, 0.3) is 0 Å². The zero-order valence-corrected chi connectivity index (χ0v) is 12.7. The first-order chi connectivity index (χ1) is 8.66. The molecule has 1 aliphatic heterocycles.